The molecule has 0 aliphatic rings. The third-order valence-corrected chi connectivity index (χ3v) is 4.54. The molecule has 0 unspecified atom stereocenters. The van der Waals surface area contributed by atoms with Crippen LogP contribution in [-0.2, 0) is 0 Å². The fraction of sp³-hybridized carbons (Fsp3) is 0.130. The smallest absolute Gasteiger partial charge is 0.321 e. The van der Waals surface area contributed by atoms with Crippen molar-refractivity contribution in [1.82, 2.24) is 4.90 Å². The van der Waals surface area contributed by atoms with Crippen molar-refractivity contribution < 1.29 is 14.3 Å². The summed E-state index contributed by atoms with van der Waals surface area (Å²) in [7, 11) is 1.68. The summed E-state index contributed by atoms with van der Waals surface area (Å²) in [6.45, 7) is 0.760. The number of nitrogens with one attached hydrogen (secondary N) is 2. The number of anilines is 2. The maximum atomic E-state index is 12.3. The average Bonchev–Trinajstić information content (AvgIpc) is 2.76. The number of halogens is 1. The molecule has 30 heavy (non-hydrogen) atoms. The molecule has 3 amide bonds. The number of hydrogen-bond donors (Lipinski definition) is 2. The van der Waals surface area contributed by atoms with E-state index < -0.39 is 0 Å². The van der Waals surface area contributed by atoms with Crippen LogP contribution < -0.4 is 15.4 Å². The highest BCUT2D eigenvalue weighted by Crippen LogP contribution is 2.16. The fourth-order valence-corrected chi connectivity index (χ4v) is 2.71. The van der Waals surface area contributed by atoms with E-state index in [0.29, 0.717) is 35.2 Å². The van der Waals surface area contributed by atoms with Crippen LogP contribution in [0.2, 0.25) is 5.02 Å². The molecule has 154 valence electrons. The van der Waals surface area contributed by atoms with Crippen molar-refractivity contribution in [3.63, 3.8) is 0 Å². The van der Waals surface area contributed by atoms with Gasteiger partial charge in [0.1, 0.15) is 12.4 Å². The molecule has 3 aromatic carbocycles. The number of ether oxygens (including phenoxy) is 1. The maximum Gasteiger partial charge on any atom is 0.321 e. The van der Waals surface area contributed by atoms with Gasteiger partial charge in [0.2, 0.25) is 0 Å². The first-order valence-corrected chi connectivity index (χ1v) is 9.76. The highest BCUT2D eigenvalue weighted by atomic mass is 35.5. The van der Waals surface area contributed by atoms with Crippen molar-refractivity contribution in [1.29, 1.82) is 0 Å². The van der Waals surface area contributed by atoms with Crippen LogP contribution in [0.5, 0.6) is 5.75 Å². The predicted octanol–water partition coefficient (Wildman–Crippen LogP) is 5.14. The first-order valence-electron chi connectivity index (χ1n) is 9.38. The van der Waals surface area contributed by atoms with Crippen molar-refractivity contribution >= 4 is 34.9 Å². The highest BCUT2D eigenvalue weighted by Gasteiger charge is 2.10. The minimum absolute atomic E-state index is 0.212. The number of amides is 3. The molecule has 0 radical (unpaired) electrons. The van der Waals surface area contributed by atoms with Crippen molar-refractivity contribution in [2.45, 2.75) is 0 Å². The van der Waals surface area contributed by atoms with Gasteiger partial charge in [0.15, 0.2) is 0 Å². The van der Waals surface area contributed by atoms with Crippen LogP contribution in [0.1, 0.15) is 10.4 Å². The van der Waals surface area contributed by atoms with E-state index in [0.717, 1.165) is 5.69 Å². The summed E-state index contributed by atoms with van der Waals surface area (Å²) < 4.78 is 5.60. The highest BCUT2D eigenvalue weighted by molar-refractivity contribution is 6.30. The van der Waals surface area contributed by atoms with Crippen LogP contribution in [0, 0.1) is 0 Å². The summed E-state index contributed by atoms with van der Waals surface area (Å²) in [5, 5.41) is 6.26. The zero-order chi connectivity index (χ0) is 21.3. The second-order valence-corrected chi connectivity index (χ2v) is 6.99. The Balaban J connectivity index is 1.46. The fourth-order valence-electron chi connectivity index (χ4n) is 2.58. The first kappa shape index (κ1) is 21.2. The largest absolute Gasteiger partial charge is 0.492 e. The summed E-state index contributed by atoms with van der Waals surface area (Å²) in [5.74, 6) is 0.480. The lowest BCUT2D eigenvalue weighted by atomic mass is 10.2. The van der Waals surface area contributed by atoms with E-state index in [2.05, 4.69) is 10.6 Å². The Labute approximate surface area is 180 Å². The van der Waals surface area contributed by atoms with E-state index in [9.17, 15) is 9.59 Å². The standard InChI is InChI=1S/C23H22ClN3O3/c1-27(15-16-30-21-13-9-18(24)10-14-21)23(29)26-20-11-7-17(8-12-20)22(28)25-19-5-3-2-4-6-19/h2-14H,15-16H2,1H3,(H,25,28)(H,26,29). The summed E-state index contributed by atoms with van der Waals surface area (Å²) in [6, 6.07) is 22.7. The molecule has 0 aliphatic heterocycles. The van der Waals surface area contributed by atoms with Gasteiger partial charge in [0.05, 0.1) is 6.54 Å². The lowest BCUT2D eigenvalue weighted by molar-refractivity contribution is 0.102. The van der Waals surface area contributed by atoms with E-state index in [-0.39, 0.29) is 11.9 Å². The topological polar surface area (TPSA) is 70.7 Å². The van der Waals surface area contributed by atoms with Gasteiger partial charge in [-0.3, -0.25) is 4.79 Å². The van der Waals surface area contributed by atoms with E-state index >= 15 is 0 Å². The average molecular weight is 424 g/mol. The lowest BCUT2D eigenvalue weighted by Crippen LogP contribution is -2.34. The van der Waals surface area contributed by atoms with Gasteiger partial charge in [0.25, 0.3) is 5.91 Å². The van der Waals surface area contributed by atoms with E-state index in [1.165, 1.54) is 4.90 Å². The van der Waals surface area contributed by atoms with Gasteiger partial charge in [-0.05, 0) is 60.7 Å². The van der Waals surface area contributed by atoms with Crippen LogP contribution in [0.25, 0.3) is 0 Å². The third-order valence-electron chi connectivity index (χ3n) is 4.29. The molecule has 7 heteroatoms. The van der Waals surface area contributed by atoms with E-state index in [4.69, 9.17) is 16.3 Å². The molecule has 0 atom stereocenters. The first-order chi connectivity index (χ1) is 14.5. The molecule has 0 spiro atoms. The zero-order valence-electron chi connectivity index (χ0n) is 16.5. The monoisotopic (exact) mass is 423 g/mol. The SMILES string of the molecule is CN(CCOc1ccc(Cl)cc1)C(=O)Nc1ccc(C(=O)Nc2ccccc2)cc1. The number of carbonyl (C=O) groups is 2. The number of nitrogens with zero attached hydrogens (tertiary/aromatic N) is 1. The number of urea groups is 1. The van der Waals surface area contributed by atoms with Crippen LogP contribution in [0.3, 0.4) is 0 Å². The van der Waals surface area contributed by atoms with Crippen molar-refractivity contribution in [2.24, 2.45) is 0 Å². The normalized spacial score (nSPS) is 10.2. The number of carbonyl (C=O) groups excluding carboxylic acids is 2. The molecule has 0 heterocycles. The van der Waals surface area contributed by atoms with Crippen molar-refractivity contribution in [2.75, 3.05) is 30.8 Å². The van der Waals surface area contributed by atoms with E-state index in [1.54, 1.807) is 55.6 Å². The van der Waals surface area contributed by atoms with Crippen molar-refractivity contribution in [3.05, 3.63) is 89.4 Å². The Morgan fingerprint density at radius 1 is 0.867 bits per heavy atom. The minimum atomic E-state index is -0.267. The summed E-state index contributed by atoms with van der Waals surface area (Å²) in [4.78, 5) is 26.1. The number of para-hydroxylation sites is 1. The summed E-state index contributed by atoms with van der Waals surface area (Å²) >= 11 is 5.84. The van der Waals surface area contributed by atoms with Crippen molar-refractivity contribution in [3.8, 4) is 5.75 Å². The van der Waals surface area contributed by atoms with Crippen LogP contribution in [-0.4, -0.2) is 37.0 Å². The molecule has 0 aliphatic carbocycles. The second kappa shape index (κ2) is 10.3. The Morgan fingerprint density at radius 2 is 1.50 bits per heavy atom. The Morgan fingerprint density at radius 3 is 2.17 bits per heavy atom. The van der Waals surface area contributed by atoms with Gasteiger partial charge in [-0.1, -0.05) is 29.8 Å². The Hall–Kier alpha value is -3.51. The molecule has 0 saturated carbocycles. The number of rotatable bonds is 7. The van der Waals surface area contributed by atoms with Gasteiger partial charge in [-0.2, -0.15) is 0 Å². The number of likely N-dealkylation sites (N-methyl/N-ethyl adjacent to an activating group) is 1. The third kappa shape index (κ3) is 6.25. The zero-order valence-corrected chi connectivity index (χ0v) is 17.2. The Kier molecular flexibility index (Phi) is 7.29. The number of benzene rings is 3. The van der Waals surface area contributed by atoms with Gasteiger partial charge in [-0.15, -0.1) is 0 Å². The minimum Gasteiger partial charge on any atom is -0.492 e. The molecule has 0 bridgehead atoms. The quantitative estimate of drug-likeness (QED) is 0.553. The molecule has 2 N–H and O–H groups in total. The van der Waals surface area contributed by atoms with E-state index in [1.807, 2.05) is 30.3 Å². The van der Waals surface area contributed by atoms with Crippen LogP contribution in [0.15, 0.2) is 78.9 Å². The Bertz CT molecular complexity index is 977. The summed E-state index contributed by atoms with van der Waals surface area (Å²) in [6.07, 6.45) is 0. The molecule has 0 aromatic heterocycles. The van der Waals surface area contributed by atoms with Crippen LogP contribution >= 0.6 is 11.6 Å². The molecule has 3 rings (SSSR count). The molecule has 6 nitrogen and oxygen atoms in total. The maximum absolute atomic E-state index is 12.3. The van der Waals surface area contributed by atoms with Gasteiger partial charge in [0, 0.05) is 29.0 Å². The van der Waals surface area contributed by atoms with Gasteiger partial charge in [-0.25, -0.2) is 4.79 Å². The molecular weight excluding hydrogens is 402 g/mol. The molecule has 3 aromatic rings. The lowest BCUT2D eigenvalue weighted by Gasteiger charge is -2.18. The van der Waals surface area contributed by atoms with Crippen LogP contribution in [0.4, 0.5) is 16.2 Å². The molecule has 0 fully saturated rings. The van der Waals surface area contributed by atoms with Gasteiger partial charge < -0.3 is 20.3 Å². The molecular formula is C23H22ClN3O3. The van der Waals surface area contributed by atoms with Gasteiger partial charge >= 0.3 is 6.03 Å². The second-order valence-electron chi connectivity index (χ2n) is 6.55. The summed E-state index contributed by atoms with van der Waals surface area (Å²) in [5.41, 5.74) is 1.82. The molecule has 0 saturated heterocycles. The predicted molar refractivity (Wildman–Crippen MR) is 119 cm³/mol. The number of hydrogen-bond acceptors (Lipinski definition) is 3.